The van der Waals surface area contributed by atoms with Crippen molar-refractivity contribution in [2.45, 2.75) is 12.1 Å². The van der Waals surface area contributed by atoms with Crippen LogP contribution in [0.3, 0.4) is 0 Å². The molecule has 1 unspecified atom stereocenters. The molecule has 1 aliphatic heterocycles. The van der Waals surface area contributed by atoms with Crippen molar-refractivity contribution in [1.82, 2.24) is 15.3 Å². The molecule has 2 aromatic carbocycles. The summed E-state index contributed by atoms with van der Waals surface area (Å²) < 4.78 is 49.0. The van der Waals surface area contributed by atoms with Crippen LogP contribution in [0.4, 0.5) is 18.3 Å². The quantitative estimate of drug-likeness (QED) is 0.363. The van der Waals surface area contributed by atoms with Gasteiger partial charge in [-0.15, -0.1) is 0 Å². The van der Waals surface area contributed by atoms with Crippen molar-refractivity contribution < 1.29 is 27.5 Å². The monoisotopic (exact) mass is 513 g/mol. The highest BCUT2D eigenvalue weighted by molar-refractivity contribution is 7.22. The first-order chi connectivity index (χ1) is 17.2. The number of nitrogens with one attached hydrogen (secondary N) is 1. The third-order valence-electron chi connectivity index (χ3n) is 5.77. The number of halogens is 3. The van der Waals surface area contributed by atoms with Crippen molar-refractivity contribution in [3.8, 4) is 17.0 Å². The van der Waals surface area contributed by atoms with Crippen LogP contribution in [0, 0.1) is 11.6 Å². The summed E-state index contributed by atoms with van der Waals surface area (Å²) >= 11 is 1.06. The molecule has 184 valence electrons. The number of nitrogens with two attached hydrogens (primary N) is 2. The molecule has 3 heterocycles. The fourth-order valence-corrected chi connectivity index (χ4v) is 4.74. The van der Waals surface area contributed by atoms with Crippen molar-refractivity contribution in [2.75, 3.05) is 18.9 Å². The lowest BCUT2D eigenvalue weighted by molar-refractivity contribution is -0.130. The molecule has 0 saturated heterocycles. The van der Waals surface area contributed by atoms with E-state index < -0.39 is 35.7 Å². The Labute approximate surface area is 206 Å². The molecule has 12 heteroatoms. The smallest absolute Gasteiger partial charge is 0.263 e. The van der Waals surface area contributed by atoms with Gasteiger partial charge in [0.2, 0.25) is 0 Å². The van der Waals surface area contributed by atoms with Crippen molar-refractivity contribution >= 4 is 38.5 Å². The van der Waals surface area contributed by atoms with Crippen molar-refractivity contribution in [2.24, 2.45) is 5.73 Å². The second-order valence-electron chi connectivity index (χ2n) is 8.16. The lowest BCUT2D eigenvalue weighted by Crippen LogP contribution is -2.38. The van der Waals surface area contributed by atoms with Gasteiger partial charge in [-0.05, 0) is 42.5 Å². The summed E-state index contributed by atoms with van der Waals surface area (Å²) in [6.45, 7) is -0.543. The van der Waals surface area contributed by atoms with Gasteiger partial charge in [0.15, 0.2) is 16.7 Å². The zero-order valence-corrected chi connectivity index (χ0v) is 19.3. The van der Waals surface area contributed by atoms with E-state index in [9.17, 15) is 18.4 Å². The number of pyridine rings is 1. The molecule has 2 amide bonds. The van der Waals surface area contributed by atoms with Crippen LogP contribution in [-0.4, -0.2) is 34.9 Å². The van der Waals surface area contributed by atoms with Gasteiger partial charge in [-0.2, -0.15) is 0 Å². The fourth-order valence-electron chi connectivity index (χ4n) is 3.95. The van der Waals surface area contributed by atoms with Gasteiger partial charge < -0.3 is 21.5 Å². The maximum Gasteiger partial charge on any atom is 0.263 e. The number of benzene rings is 2. The standard InChI is InChI=1S/C24H18F3N5O3S/c25-13-3-1-11(2-4-13)18-20-15(24(27,10-35-20)22(28)34)9-14(31-18)5-6-30-21(33)12-7-16(26)19-17(8-12)36-23(29)32-19/h1-4,7-9H,5-6,10H2,(H2,28,34)(H2,29,32)(H,30,33). The second kappa shape index (κ2) is 8.79. The molecule has 0 aliphatic carbocycles. The number of ether oxygens (including phenoxy) is 1. The summed E-state index contributed by atoms with van der Waals surface area (Å²) in [6.07, 6.45) is 0.139. The number of carbonyl (C=O) groups excluding carboxylic acids is 2. The molecular formula is C24H18F3N5O3S. The molecule has 36 heavy (non-hydrogen) atoms. The predicted octanol–water partition coefficient (Wildman–Crippen LogP) is 3.23. The van der Waals surface area contributed by atoms with Crippen LogP contribution in [0.25, 0.3) is 21.5 Å². The number of rotatable bonds is 6. The summed E-state index contributed by atoms with van der Waals surface area (Å²) in [5.41, 5.74) is 9.44. The zero-order valence-electron chi connectivity index (χ0n) is 18.5. The van der Waals surface area contributed by atoms with Crippen molar-refractivity contribution in [3.63, 3.8) is 0 Å². The number of aromatic nitrogens is 2. The number of primary amides is 1. The van der Waals surface area contributed by atoms with Gasteiger partial charge in [0.25, 0.3) is 17.5 Å². The van der Waals surface area contributed by atoms with E-state index in [4.69, 9.17) is 16.2 Å². The van der Waals surface area contributed by atoms with Gasteiger partial charge in [0, 0.05) is 35.3 Å². The lowest BCUT2D eigenvalue weighted by Gasteiger charge is -2.15. The lowest BCUT2D eigenvalue weighted by atomic mass is 9.94. The first kappa shape index (κ1) is 23.5. The summed E-state index contributed by atoms with van der Waals surface area (Å²) in [7, 11) is 0. The molecule has 1 aliphatic rings. The highest BCUT2D eigenvalue weighted by atomic mass is 32.1. The molecule has 0 radical (unpaired) electrons. The Morgan fingerprint density at radius 2 is 1.89 bits per heavy atom. The van der Waals surface area contributed by atoms with E-state index in [1.165, 1.54) is 36.4 Å². The van der Waals surface area contributed by atoms with E-state index in [0.29, 0.717) is 16.0 Å². The molecule has 2 aromatic heterocycles. The Kier molecular flexibility index (Phi) is 5.75. The Balaban J connectivity index is 1.41. The molecule has 5 rings (SSSR count). The molecule has 0 bridgehead atoms. The average molecular weight is 514 g/mol. The number of hydrogen-bond acceptors (Lipinski definition) is 7. The average Bonchev–Trinajstić information content (AvgIpc) is 3.39. The zero-order chi connectivity index (χ0) is 25.6. The van der Waals surface area contributed by atoms with Crippen LogP contribution in [-0.2, 0) is 16.9 Å². The summed E-state index contributed by atoms with van der Waals surface area (Å²) in [5, 5.41) is 2.85. The molecule has 0 fully saturated rings. The fraction of sp³-hybridized carbons (Fsp3) is 0.167. The summed E-state index contributed by atoms with van der Waals surface area (Å²) in [5.74, 6) is -2.84. The maximum atomic E-state index is 15.4. The first-order valence-electron chi connectivity index (χ1n) is 10.7. The van der Waals surface area contributed by atoms with Gasteiger partial charge in [-0.1, -0.05) is 11.3 Å². The van der Waals surface area contributed by atoms with Crippen LogP contribution in [0.2, 0.25) is 0 Å². The van der Waals surface area contributed by atoms with E-state index >= 15 is 4.39 Å². The van der Waals surface area contributed by atoms with E-state index in [-0.39, 0.29) is 46.2 Å². The van der Waals surface area contributed by atoms with Crippen LogP contribution in [0.15, 0.2) is 42.5 Å². The topological polar surface area (TPSA) is 133 Å². The van der Waals surface area contributed by atoms with Gasteiger partial charge >= 0.3 is 0 Å². The van der Waals surface area contributed by atoms with Gasteiger partial charge in [0.1, 0.15) is 23.6 Å². The molecule has 4 aromatic rings. The van der Waals surface area contributed by atoms with Crippen LogP contribution >= 0.6 is 11.3 Å². The number of carbonyl (C=O) groups is 2. The van der Waals surface area contributed by atoms with Crippen LogP contribution in [0.5, 0.6) is 5.75 Å². The number of anilines is 1. The SMILES string of the molecule is NC(=O)C1(F)COc2c1cc(CCNC(=O)c1cc(F)c3nc(N)sc3c1)nc2-c1ccc(F)cc1. The summed E-state index contributed by atoms with van der Waals surface area (Å²) in [6, 6.07) is 9.25. The Morgan fingerprint density at radius 1 is 1.14 bits per heavy atom. The first-order valence-corrected chi connectivity index (χ1v) is 11.5. The number of nitrogen functional groups attached to an aromatic ring is 1. The largest absolute Gasteiger partial charge is 0.487 e. The van der Waals surface area contributed by atoms with Gasteiger partial charge in [-0.25, -0.2) is 23.1 Å². The van der Waals surface area contributed by atoms with E-state index in [1.807, 2.05) is 0 Å². The number of fused-ring (bicyclic) bond motifs is 2. The van der Waals surface area contributed by atoms with Crippen LogP contribution < -0.4 is 21.5 Å². The minimum absolute atomic E-state index is 0.0447. The third-order valence-corrected chi connectivity index (χ3v) is 6.60. The van der Waals surface area contributed by atoms with E-state index in [0.717, 1.165) is 17.4 Å². The highest BCUT2D eigenvalue weighted by Crippen LogP contribution is 2.45. The van der Waals surface area contributed by atoms with Crippen molar-refractivity contribution in [1.29, 1.82) is 0 Å². The number of alkyl halides is 1. The minimum atomic E-state index is -2.56. The Hall–Kier alpha value is -4.19. The van der Waals surface area contributed by atoms with E-state index in [1.54, 1.807) is 0 Å². The predicted molar refractivity (Wildman–Crippen MR) is 127 cm³/mol. The molecular weight excluding hydrogens is 495 g/mol. The summed E-state index contributed by atoms with van der Waals surface area (Å²) in [4.78, 5) is 32.9. The molecule has 1 atom stereocenters. The normalized spacial score (nSPS) is 16.5. The minimum Gasteiger partial charge on any atom is -0.487 e. The van der Waals surface area contributed by atoms with Gasteiger partial charge in [0.05, 0.1) is 4.70 Å². The molecule has 0 spiro atoms. The molecule has 5 N–H and O–H groups in total. The Morgan fingerprint density at radius 3 is 2.61 bits per heavy atom. The number of nitrogens with zero attached hydrogens (tertiary/aromatic N) is 2. The second-order valence-corrected chi connectivity index (χ2v) is 9.22. The maximum absolute atomic E-state index is 15.4. The number of amides is 2. The molecule has 0 saturated carbocycles. The van der Waals surface area contributed by atoms with E-state index in [2.05, 4.69) is 15.3 Å². The van der Waals surface area contributed by atoms with Gasteiger partial charge in [-0.3, -0.25) is 9.59 Å². The number of hydrogen-bond donors (Lipinski definition) is 3. The van der Waals surface area contributed by atoms with Crippen molar-refractivity contribution in [3.05, 3.63) is 70.9 Å². The molecule has 8 nitrogen and oxygen atoms in total. The van der Waals surface area contributed by atoms with Crippen LogP contribution in [0.1, 0.15) is 21.6 Å². The Bertz CT molecular complexity index is 1530. The highest BCUT2D eigenvalue weighted by Gasteiger charge is 2.48. The number of thiazole rings is 1. The third kappa shape index (κ3) is 4.09.